The molecule has 1 aromatic rings. The highest BCUT2D eigenvalue weighted by atomic mass is 32.2. The quantitative estimate of drug-likeness (QED) is 0.503. The molecule has 0 aromatic heterocycles. The average Bonchev–Trinajstić information content (AvgIpc) is 2.43. The first-order chi connectivity index (χ1) is 9.69. The van der Waals surface area contributed by atoms with Gasteiger partial charge in [0.05, 0.1) is 18.0 Å². The third-order valence-electron chi connectivity index (χ3n) is 2.91. The van der Waals surface area contributed by atoms with E-state index in [0.717, 1.165) is 25.1 Å². The largest absolute Gasteiger partial charge is 0.490 e. The molecule has 3 nitrogen and oxygen atoms in total. The fraction of sp³-hybridized carbons (Fsp3) is 0.600. The summed E-state index contributed by atoms with van der Waals surface area (Å²) in [6.07, 6.45) is 6.47. The van der Waals surface area contributed by atoms with E-state index in [2.05, 4.69) is 11.6 Å². The Hall–Kier alpha value is -1.10. The molecule has 20 heavy (non-hydrogen) atoms. The minimum Gasteiger partial charge on any atom is -0.490 e. The lowest BCUT2D eigenvalue weighted by atomic mass is 10.2. The van der Waals surface area contributed by atoms with E-state index in [-0.39, 0.29) is 5.75 Å². The summed E-state index contributed by atoms with van der Waals surface area (Å²) in [6.45, 7) is 3.34. The third kappa shape index (κ3) is 5.90. The summed E-state index contributed by atoms with van der Waals surface area (Å²) in [7, 11) is 0. The van der Waals surface area contributed by atoms with Gasteiger partial charge < -0.3 is 15.8 Å². The smallest absolute Gasteiger partial charge is 0.167 e. The molecule has 0 heterocycles. The number of thioether (sulfide) groups is 1. The van der Waals surface area contributed by atoms with Gasteiger partial charge in [0.15, 0.2) is 11.6 Å². The van der Waals surface area contributed by atoms with Crippen LogP contribution in [0.2, 0.25) is 0 Å². The SMILES string of the molecule is CCCOc1cc(NCCCCCSC)c(N)cc1F. The molecule has 0 saturated carbocycles. The van der Waals surface area contributed by atoms with Crippen LogP contribution in [-0.4, -0.2) is 25.2 Å². The molecule has 0 unspecified atom stereocenters. The van der Waals surface area contributed by atoms with Gasteiger partial charge in [0, 0.05) is 18.7 Å². The molecule has 0 spiro atoms. The van der Waals surface area contributed by atoms with E-state index < -0.39 is 5.82 Å². The number of nitrogens with two attached hydrogens (primary N) is 1. The van der Waals surface area contributed by atoms with Crippen molar-refractivity contribution in [2.24, 2.45) is 0 Å². The summed E-state index contributed by atoms with van der Waals surface area (Å²) >= 11 is 1.87. The molecule has 114 valence electrons. The predicted octanol–water partition coefficient (Wildman–Crippen LogP) is 4.14. The van der Waals surface area contributed by atoms with Crippen molar-refractivity contribution in [3.8, 4) is 5.75 Å². The summed E-state index contributed by atoms with van der Waals surface area (Å²) in [5.74, 6) is 1.07. The number of unbranched alkanes of at least 4 members (excludes halogenated alkanes) is 2. The lowest BCUT2D eigenvalue weighted by molar-refractivity contribution is 0.301. The molecule has 0 amide bonds. The van der Waals surface area contributed by atoms with E-state index in [4.69, 9.17) is 10.5 Å². The number of hydrogen-bond donors (Lipinski definition) is 2. The maximum Gasteiger partial charge on any atom is 0.167 e. The summed E-state index contributed by atoms with van der Waals surface area (Å²) in [6, 6.07) is 2.98. The van der Waals surface area contributed by atoms with Crippen LogP contribution in [0.3, 0.4) is 0 Å². The van der Waals surface area contributed by atoms with E-state index in [9.17, 15) is 4.39 Å². The Balaban J connectivity index is 2.47. The fourth-order valence-electron chi connectivity index (χ4n) is 1.82. The normalized spacial score (nSPS) is 10.6. The van der Waals surface area contributed by atoms with Crippen LogP contribution in [0, 0.1) is 5.82 Å². The van der Waals surface area contributed by atoms with Crippen LogP contribution >= 0.6 is 11.8 Å². The van der Waals surface area contributed by atoms with E-state index in [1.54, 1.807) is 6.07 Å². The van der Waals surface area contributed by atoms with Gasteiger partial charge in [0.25, 0.3) is 0 Å². The molecule has 1 aromatic carbocycles. The Bertz CT molecular complexity index is 402. The molecule has 0 aliphatic rings. The van der Waals surface area contributed by atoms with Crippen molar-refractivity contribution in [3.63, 3.8) is 0 Å². The number of hydrogen-bond acceptors (Lipinski definition) is 4. The Morgan fingerprint density at radius 3 is 2.80 bits per heavy atom. The number of benzene rings is 1. The van der Waals surface area contributed by atoms with Crippen LogP contribution in [0.25, 0.3) is 0 Å². The van der Waals surface area contributed by atoms with Gasteiger partial charge in [-0.1, -0.05) is 13.3 Å². The molecule has 5 heteroatoms. The van der Waals surface area contributed by atoms with E-state index in [1.165, 1.54) is 24.7 Å². The predicted molar refractivity (Wildman–Crippen MR) is 87.3 cm³/mol. The zero-order valence-corrected chi connectivity index (χ0v) is 13.2. The van der Waals surface area contributed by atoms with E-state index in [1.807, 2.05) is 18.7 Å². The third-order valence-corrected chi connectivity index (χ3v) is 3.60. The number of ether oxygens (including phenoxy) is 1. The number of halogens is 1. The summed E-state index contributed by atoms with van der Waals surface area (Å²) in [5, 5.41) is 3.26. The second-order valence-corrected chi connectivity index (χ2v) is 5.68. The highest BCUT2D eigenvalue weighted by molar-refractivity contribution is 7.98. The van der Waals surface area contributed by atoms with Crippen molar-refractivity contribution in [1.82, 2.24) is 0 Å². The van der Waals surface area contributed by atoms with Gasteiger partial charge in [-0.05, 0) is 31.3 Å². The number of nitrogens with one attached hydrogen (secondary N) is 1. The molecule has 0 saturated heterocycles. The average molecular weight is 300 g/mol. The van der Waals surface area contributed by atoms with Crippen molar-refractivity contribution in [1.29, 1.82) is 0 Å². The molecule has 0 aliphatic carbocycles. The van der Waals surface area contributed by atoms with Gasteiger partial charge in [-0.15, -0.1) is 0 Å². The van der Waals surface area contributed by atoms with Gasteiger partial charge in [0.2, 0.25) is 0 Å². The van der Waals surface area contributed by atoms with Crippen LogP contribution in [0.15, 0.2) is 12.1 Å². The highest BCUT2D eigenvalue weighted by Gasteiger charge is 2.08. The number of anilines is 2. The Morgan fingerprint density at radius 2 is 2.10 bits per heavy atom. The lowest BCUT2D eigenvalue weighted by Gasteiger charge is -2.13. The van der Waals surface area contributed by atoms with Gasteiger partial charge in [-0.3, -0.25) is 0 Å². The van der Waals surface area contributed by atoms with Crippen LogP contribution in [0.1, 0.15) is 32.6 Å². The second kappa shape index (κ2) is 9.75. The Morgan fingerprint density at radius 1 is 1.30 bits per heavy atom. The first kappa shape index (κ1) is 17.0. The topological polar surface area (TPSA) is 47.3 Å². The van der Waals surface area contributed by atoms with Crippen molar-refractivity contribution in [2.75, 3.05) is 36.2 Å². The molecule has 0 atom stereocenters. The fourth-order valence-corrected chi connectivity index (χ4v) is 2.31. The molecule has 3 N–H and O–H groups in total. The maximum atomic E-state index is 13.6. The number of nitrogen functional groups attached to an aromatic ring is 1. The second-order valence-electron chi connectivity index (χ2n) is 4.70. The van der Waals surface area contributed by atoms with Gasteiger partial charge >= 0.3 is 0 Å². The summed E-state index contributed by atoms with van der Waals surface area (Å²) < 4.78 is 19.0. The van der Waals surface area contributed by atoms with E-state index >= 15 is 0 Å². The molecular formula is C15H25FN2OS. The minimum absolute atomic E-state index is 0.269. The van der Waals surface area contributed by atoms with Crippen LogP contribution in [-0.2, 0) is 0 Å². The molecule has 0 fully saturated rings. The first-order valence-corrected chi connectivity index (χ1v) is 8.53. The standard InChI is InChI=1S/C15H25FN2OS/c1-3-8-19-15-11-14(13(17)10-12(15)16)18-7-5-4-6-9-20-2/h10-11,18H,3-9,17H2,1-2H3. The Labute approximate surface area is 125 Å². The van der Waals surface area contributed by atoms with Crippen LogP contribution in [0.5, 0.6) is 5.75 Å². The summed E-state index contributed by atoms with van der Waals surface area (Å²) in [5.41, 5.74) is 7.00. The summed E-state index contributed by atoms with van der Waals surface area (Å²) in [4.78, 5) is 0. The molecule has 0 radical (unpaired) electrons. The van der Waals surface area contributed by atoms with Crippen LogP contribution < -0.4 is 15.8 Å². The molecular weight excluding hydrogens is 275 g/mol. The molecule has 1 rings (SSSR count). The van der Waals surface area contributed by atoms with Gasteiger partial charge in [-0.2, -0.15) is 11.8 Å². The monoisotopic (exact) mass is 300 g/mol. The van der Waals surface area contributed by atoms with Crippen molar-refractivity contribution in [2.45, 2.75) is 32.6 Å². The van der Waals surface area contributed by atoms with Crippen LogP contribution in [0.4, 0.5) is 15.8 Å². The van der Waals surface area contributed by atoms with Crippen molar-refractivity contribution >= 4 is 23.1 Å². The zero-order chi connectivity index (χ0) is 14.8. The molecule has 0 aliphatic heterocycles. The first-order valence-electron chi connectivity index (χ1n) is 7.13. The van der Waals surface area contributed by atoms with Gasteiger partial charge in [0.1, 0.15) is 0 Å². The molecule has 0 bridgehead atoms. The lowest BCUT2D eigenvalue weighted by Crippen LogP contribution is -2.06. The Kier molecular flexibility index (Phi) is 8.26. The van der Waals surface area contributed by atoms with Crippen molar-refractivity contribution < 1.29 is 9.13 Å². The minimum atomic E-state index is -0.401. The number of rotatable bonds is 10. The zero-order valence-electron chi connectivity index (χ0n) is 12.4. The maximum absolute atomic E-state index is 13.6. The highest BCUT2D eigenvalue weighted by Crippen LogP contribution is 2.28. The van der Waals surface area contributed by atoms with E-state index in [0.29, 0.717) is 12.3 Å². The van der Waals surface area contributed by atoms with Crippen molar-refractivity contribution in [3.05, 3.63) is 17.9 Å². The van der Waals surface area contributed by atoms with Gasteiger partial charge in [-0.25, -0.2) is 4.39 Å².